The van der Waals surface area contributed by atoms with Crippen molar-refractivity contribution < 1.29 is 19.1 Å². The number of carbonyl (C=O) groups excluding carboxylic acids is 2. The van der Waals surface area contributed by atoms with Crippen LogP contribution in [0.25, 0.3) is 0 Å². The fourth-order valence-corrected chi connectivity index (χ4v) is 5.03. The van der Waals surface area contributed by atoms with Gasteiger partial charge in [0.1, 0.15) is 11.9 Å². The molecule has 3 heterocycles. The van der Waals surface area contributed by atoms with Gasteiger partial charge in [0.15, 0.2) is 0 Å². The van der Waals surface area contributed by atoms with Gasteiger partial charge in [-0.05, 0) is 56.6 Å². The lowest BCUT2D eigenvalue weighted by atomic mass is 9.94. The molecule has 3 fully saturated rings. The number of likely N-dealkylation sites (tertiary alicyclic amines) is 2. The smallest absolute Gasteiger partial charge is 0.255 e. The van der Waals surface area contributed by atoms with Gasteiger partial charge >= 0.3 is 0 Å². The minimum absolute atomic E-state index is 0.0563. The van der Waals surface area contributed by atoms with Crippen molar-refractivity contribution in [3.8, 4) is 5.75 Å². The van der Waals surface area contributed by atoms with Crippen molar-refractivity contribution in [3.63, 3.8) is 0 Å². The lowest BCUT2D eigenvalue weighted by Crippen LogP contribution is -2.48. The van der Waals surface area contributed by atoms with Gasteiger partial charge in [-0.1, -0.05) is 12.1 Å². The molecule has 7 heteroatoms. The highest BCUT2D eigenvalue weighted by molar-refractivity contribution is 5.97. The predicted octanol–water partition coefficient (Wildman–Crippen LogP) is 2.31. The number of nitrogens with one attached hydrogen (secondary N) is 1. The second-order valence-electron chi connectivity index (χ2n) is 9.02. The fourth-order valence-electron chi connectivity index (χ4n) is 5.03. The average Bonchev–Trinajstić information content (AvgIpc) is 3.35. The van der Waals surface area contributed by atoms with E-state index in [1.807, 2.05) is 23.1 Å². The van der Waals surface area contributed by atoms with E-state index >= 15 is 0 Å². The van der Waals surface area contributed by atoms with Crippen LogP contribution in [-0.4, -0.2) is 80.2 Å². The molecule has 4 rings (SSSR count). The Balaban J connectivity index is 1.17. The number of piperidine rings is 2. The van der Waals surface area contributed by atoms with Crippen molar-refractivity contribution in [1.29, 1.82) is 0 Å². The molecule has 7 nitrogen and oxygen atoms in total. The Kier molecular flexibility index (Phi) is 7.45. The maximum absolute atomic E-state index is 12.6. The third-order valence-corrected chi connectivity index (χ3v) is 6.92. The zero-order valence-corrected chi connectivity index (χ0v) is 18.6. The highest BCUT2D eigenvalue weighted by Crippen LogP contribution is 2.24. The predicted molar refractivity (Wildman–Crippen MR) is 118 cm³/mol. The van der Waals surface area contributed by atoms with Crippen molar-refractivity contribution in [3.05, 3.63) is 29.8 Å². The molecule has 2 amide bonds. The van der Waals surface area contributed by atoms with Gasteiger partial charge in [0, 0.05) is 45.4 Å². The Bertz CT molecular complexity index is 749. The molecule has 3 saturated heterocycles. The summed E-state index contributed by atoms with van der Waals surface area (Å²) in [6, 6.07) is 7.56. The van der Waals surface area contributed by atoms with Crippen molar-refractivity contribution in [1.82, 2.24) is 15.1 Å². The lowest BCUT2D eigenvalue weighted by Gasteiger charge is -2.38. The highest BCUT2D eigenvalue weighted by atomic mass is 16.5. The van der Waals surface area contributed by atoms with Crippen LogP contribution in [0.4, 0.5) is 0 Å². The zero-order valence-electron chi connectivity index (χ0n) is 18.6. The molecule has 1 atom stereocenters. The van der Waals surface area contributed by atoms with Crippen LogP contribution in [0.2, 0.25) is 0 Å². The van der Waals surface area contributed by atoms with Gasteiger partial charge in [0.2, 0.25) is 0 Å². The average molecular weight is 430 g/mol. The molecular formula is C24H35N3O4. The summed E-state index contributed by atoms with van der Waals surface area (Å²) in [7, 11) is 1.59. The van der Waals surface area contributed by atoms with E-state index in [0.29, 0.717) is 17.2 Å². The van der Waals surface area contributed by atoms with E-state index in [4.69, 9.17) is 9.47 Å². The van der Waals surface area contributed by atoms with Gasteiger partial charge in [-0.15, -0.1) is 0 Å². The molecule has 0 bridgehead atoms. The second kappa shape index (κ2) is 10.5. The van der Waals surface area contributed by atoms with Crippen molar-refractivity contribution >= 4 is 11.8 Å². The van der Waals surface area contributed by atoms with Crippen LogP contribution in [0.3, 0.4) is 0 Å². The lowest BCUT2D eigenvalue weighted by molar-refractivity contribution is -0.142. The largest absolute Gasteiger partial charge is 0.496 e. The van der Waals surface area contributed by atoms with E-state index < -0.39 is 0 Å². The molecule has 0 aromatic heterocycles. The van der Waals surface area contributed by atoms with Crippen LogP contribution >= 0.6 is 0 Å². The van der Waals surface area contributed by atoms with Crippen molar-refractivity contribution in [2.45, 2.75) is 50.7 Å². The fraction of sp³-hybridized carbons (Fsp3) is 0.667. The van der Waals surface area contributed by atoms with Crippen LogP contribution in [0.1, 0.15) is 48.9 Å². The van der Waals surface area contributed by atoms with Gasteiger partial charge in [-0.2, -0.15) is 0 Å². The Labute approximate surface area is 185 Å². The summed E-state index contributed by atoms with van der Waals surface area (Å²) in [5.74, 6) is 1.40. The number of rotatable bonds is 6. The molecule has 1 aromatic carbocycles. The summed E-state index contributed by atoms with van der Waals surface area (Å²) < 4.78 is 10.9. The Hall–Kier alpha value is -2.12. The van der Waals surface area contributed by atoms with Gasteiger partial charge in [-0.3, -0.25) is 9.59 Å². The maximum Gasteiger partial charge on any atom is 0.255 e. The molecule has 0 saturated carbocycles. The van der Waals surface area contributed by atoms with Gasteiger partial charge in [0.25, 0.3) is 11.8 Å². The SMILES string of the molecule is COc1ccccc1C(=O)NC1CCN(CC2CCN(C(=O)C3CCCO3)CC2)CC1. The standard InChI is InChI=1S/C24H35N3O4/c1-30-21-6-3-2-5-20(21)23(28)25-19-10-12-26(13-11-19)17-18-8-14-27(15-9-18)24(29)22-7-4-16-31-22/h2-3,5-6,18-19,22H,4,7-17H2,1H3,(H,25,28). The summed E-state index contributed by atoms with van der Waals surface area (Å²) in [6.07, 6.45) is 5.77. The number of ether oxygens (including phenoxy) is 2. The third kappa shape index (κ3) is 5.57. The first kappa shape index (κ1) is 22.1. The summed E-state index contributed by atoms with van der Waals surface area (Å²) in [5, 5.41) is 3.18. The van der Waals surface area contributed by atoms with Crippen LogP contribution in [0, 0.1) is 5.92 Å². The monoisotopic (exact) mass is 429 g/mol. The Morgan fingerprint density at radius 2 is 1.81 bits per heavy atom. The molecule has 0 aliphatic carbocycles. The van der Waals surface area contributed by atoms with Gasteiger partial charge in [0.05, 0.1) is 12.7 Å². The normalized spacial score (nSPS) is 23.6. The second-order valence-corrected chi connectivity index (χ2v) is 9.02. The first-order valence-corrected chi connectivity index (χ1v) is 11.7. The van der Waals surface area contributed by atoms with Crippen LogP contribution in [0.15, 0.2) is 24.3 Å². The van der Waals surface area contributed by atoms with Crippen LogP contribution in [-0.2, 0) is 9.53 Å². The van der Waals surface area contributed by atoms with Gasteiger partial charge in [-0.25, -0.2) is 0 Å². The van der Waals surface area contributed by atoms with Crippen LogP contribution < -0.4 is 10.1 Å². The summed E-state index contributed by atoms with van der Waals surface area (Å²) in [5.41, 5.74) is 0.594. The number of methoxy groups -OCH3 is 1. The van der Waals surface area contributed by atoms with Crippen molar-refractivity contribution in [2.24, 2.45) is 5.92 Å². The topological polar surface area (TPSA) is 71.1 Å². The van der Waals surface area contributed by atoms with E-state index in [1.165, 1.54) is 0 Å². The number of benzene rings is 1. The Morgan fingerprint density at radius 3 is 2.48 bits per heavy atom. The molecule has 0 spiro atoms. The van der Waals surface area contributed by atoms with E-state index in [9.17, 15) is 9.59 Å². The van der Waals surface area contributed by atoms with E-state index in [2.05, 4.69) is 10.2 Å². The molecule has 0 radical (unpaired) electrons. The molecule has 31 heavy (non-hydrogen) atoms. The minimum atomic E-state index is -0.193. The summed E-state index contributed by atoms with van der Waals surface area (Å²) >= 11 is 0. The molecule has 1 N–H and O–H groups in total. The molecule has 1 aromatic rings. The Morgan fingerprint density at radius 1 is 1.06 bits per heavy atom. The quantitative estimate of drug-likeness (QED) is 0.751. The van der Waals surface area contributed by atoms with Crippen molar-refractivity contribution in [2.75, 3.05) is 46.4 Å². The molecular weight excluding hydrogens is 394 g/mol. The zero-order chi connectivity index (χ0) is 21.6. The maximum atomic E-state index is 12.6. The number of nitrogens with zero attached hydrogens (tertiary/aromatic N) is 2. The first-order valence-electron chi connectivity index (χ1n) is 11.7. The molecule has 1 unspecified atom stereocenters. The number of hydrogen-bond donors (Lipinski definition) is 1. The number of para-hydroxylation sites is 1. The third-order valence-electron chi connectivity index (χ3n) is 6.92. The minimum Gasteiger partial charge on any atom is -0.496 e. The van der Waals surface area contributed by atoms with E-state index in [0.717, 1.165) is 77.9 Å². The molecule has 3 aliphatic rings. The van der Waals surface area contributed by atoms with E-state index in [1.54, 1.807) is 13.2 Å². The molecule has 3 aliphatic heterocycles. The molecule has 170 valence electrons. The highest BCUT2D eigenvalue weighted by Gasteiger charge is 2.32. The summed E-state index contributed by atoms with van der Waals surface area (Å²) in [4.78, 5) is 29.7. The number of hydrogen-bond acceptors (Lipinski definition) is 5. The first-order chi connectivity index (χ1) is 15.1. The summed E-state index contributed by atoms with van der Waals surface area (Å²) in [6.45, 7) is 5.54. The van der Waals surface area contributed by atoms with Crippen LogP contribution in [0.5, 0.6) is 5.75 Å². The van der Waals surface area contributed by atoms with E-state index in [-0.39, 0.29) is 24.0 Å². The van der Waals surface area contributed by atoms with Gasteiger partial charge < -0.3 is 24.6 Å². The number of amides is 2. The number of carbonyl (C=O) groups is 2.